The van der Waals surface area contributed by atoms with Crippen molar-refractivity contribution < 1.29 is 0 Å². The molecule has 1 nitrogen and oxygen atoms in total. The number of hydrogen-bond acceptors (Lipinski definition) is 0. The van der Waals surface area contributed by atoms with Crippen molar-refractivity contribution in [3.63, 3.8) is 0 Å². The summed E-state index contributed by atoms with van der Waals surface area (Å²) in [7, 11) is 0. The largest absolute Gasteiger partial charge is 0.309 e. The van der Waals surface area contributed by atoms with Crippen molar-refractivity contribution in [3.05, 3.63) is 164 Å². The molecular weight excluding hydrogens is 542 g/mol. The van der Waals surface area contributed by atoms with Crippen molar-refractivity contribution >= 4 is 64.8 Å². The third-order valence-corrected chi connectivity index (χ3v) is 9.70. The van der Waals surface area contributed by atoms with Crippen molar-refractivity contribution in [2.75, 3.05) is 0 Å². The lowest BCUT2D eigenvalue weighted by atomic mass is 9.87. The van der Waals surface area contributed by atoms with Crippen LogP contribution in [0.15, 0.2) is 164 Å². The fraction of sp³-hybridized carbons (Fsp3) is 0. The van der Waals surface area contributed by atoms with Crippen molar-refractivity contribution in [2.24, 2.45) is 0 Å². The molecule has 0 amide bonds. The van der Waals surface area contributed by atoms with Crippen LogP contribution in [-0.4, -0.2) is 4.57 Å². The van der Waals surface area contributed by atoms with Gasteiger partial charge >= 0.3 is 0 Å². The highest BCUT2D eigenvalue weighted by Crippen LogP contribution is 2.48. The molecule has 0 N–H and O–H groups in total. The average molecular weight is 570 g/mol. The van der Waals surface area contributed by atoms with Gasteiger partial charge in [-0.25, -0.2) is 0 Å². The van der Waals surface area contributed by atoms with Crippen LogP contribution < -0.4 is 0 Å². The Kier molecular flexibility index (Phi) is 5.06. The molecule has 0 atom stereocenters. The molecule has 1 aromatic heterocycles. The average Bonchev–Trinajstić information content (AvgIpc) is 3.51. The third-order valence-electron chi connectivity index (χ3n) is 9.70. The fourth-order valence-corrected chi connectivity index (χ4v) is 7.91. The normalized spacial score (nSPS) is 12.0. The minimum absolute atomic E-state index is 1.16. The summed E-state index contributed by atoms with van der Waals surface area (Å²) in [5, 5.41) is 14.2. The molecule has 0 aliphatic carbocycles. The maximum Gasteiger partial charge on any atom is 0.0620 e. The smallest absolute Gasteiger partial charge is 0.0620 e. The van der Waals surface area contributed by atoms with Crippen molar-refractivity contribution in [1.29, 1.82) is 0 Å². The lowest BCUT2D eigenvalue weighted by Crippen LogP contribution is -1.99. The first-order valence-corrected chi connectivity index (χ1v) is 15.6. The standard InChI is InChI=1S/C44H27N/c1-3-13-28(14-4-1)40-32-19-7-9-21-34(32)43(35-22-10-8-20-33(35)40)39-27-38-36-23-11-15-29-25-26-30-16-12-24-37(42(30)41(29)36)44(38)45(39)31-17-5-2-6-18-31/h1-27H. The number of aromatic nitrogens is 1. The molecule has 208 valence electrons. The molecule has 0 fully saturated rings. The molecule has 0 bridgehead atoms. The molecule has 0 aliphatic rings. The van der Waals surface area contributed by atoms with E-state index < -0.39 is 0 Å². The Hall–Kier alpha value is -5.92. The number of fused-ring (bicyclic) bond motifs is 5. The second-order valence-electron chi connectivity index (χ2n) is 12.0. The molecule has 1 heterocycles. The van der Waals surface area contributed by atoms with Gasteiger partial charge in [0.25, 0.3) is 0 Å². The van der Waals surface area contributed by atoms with Gasteiger partial charge in [0.2, 0.25) is 0 Å². The molecule has 0 spiro atoms. The van der Waals surface area contributed by atoms with E-state index in [2.05, 4.69) is 168 Å². The van der Waals surface area contributed by atoms with Crippen molar-refractivity contribution in [2.45, 2.75) is 0 Å². The van der Waals surface area contributed by atoms with E-state index in [1.807, 2.05) is 0 Å². The van der Waals surface area contributed by atoms with Gasteiger partial charge in [0, 0.05) is 22.0 Å². The van der Waals surface area contributed by atoms with Crippen molar-refractivity contribution in [3.8, 4) is 28.1 Å². The highest BCUT2D eigenvalue weighted by molar-refractivity contribution is 6.34. The third kappa shape index (κ3) is 3.38. The molecule has 10 aromatic rings. The summed E-state index contributed by atoms with van der Waals surface area (Å²) in [6, 6.07) is 60.2. The Morgan fingerprint density at radius 1 is 0.333 bits per heavy atom. The van der Waals surface area contributed by atoms with Crippen LogP contribution in [0.2, 0.25) is 0 Å². The van der Waals surface area contributed by atoms with E-state index in [0.717, 1.165) is 5.69 Å². The summed E-state index contributed by atoms with van der Waals surface area (Å²) in [5.74, 6) is 0. The summed E-state index contributed by atoms with van der Waals surface area (Å²) in [4.78, 5) is 0. The maximum atomic E-state index is 2.52. The molecule has 9 aromatic carbocycles. The zero-order valence-electron chi connectivity index (χ0n) is 24.5. The zero-order chi connectivity index (χ0) is 29.5. The Bertz CT molecular complexity index is 2680. The molecule has 0 saturated heterocycles. The second-order valence-corrected chi connectivity index (χ2v) is 12.0. The van der Waals surface area contributed by atoms with Gasteiger partial charge in [-0.05, 0) is 77.8 Å². The number of rotatable bonds is 3. The number of hydrogen-bond donors (Lipinski definition) is 0. The van der Waals surface area contributed by atoms with Crippen LogP contribution in [-0.2, 0) is 0 Å². The SMILES string of the molecule is c1ccc(-c2c3ccccc3c(-c3cc4c5cccc6ccc7cccc(c7c65)c4n3-c3ccccc3)c3ccccc23)cc1. The van der Waals surface area contributed by atoms with Gasteiger partial charge in [-0.1, -0.05) is 146 Å². The lowest BCUT2D eigenvalue weighted by Gasteiger charge is -2.20. The van der Waals surface area contributed by atoms with Crippen LogP contribution in [0, 0.1) is 0 Å². The maximum absolute atomic E-state index is 2.52. The van der Waals surface area contributed by atoms with E-state index in [1.54, 1.807) is 0 Å². The number of para-hydroxylation sites is 1. The first-order valence-electron chi connectivity index (χ1n) is 15.6. The van der Waals surface area contributed by atoms with Gasteiger partial charge in [-0.2, -0.15) is 0 Å². The van der Waals surface area contributed by atoms with Gasteiger partial charge in [-0.3, -0.25) is 0 Å². The monoisotopic (exact) mass is 569 g/mol. The topological polar surface area (TPSA) is 4.93 Å². The fourth-order valence-electron chi connectivity index (χ4n) is 7.91. The van der Waals surface area contributed by atoms with Gasteiger partial charge < -0.3 is 4.57 Å². The summed E-state index contributed by atoms with van der Waals surface area (Å²) in [6.07, 6.45) is 0. The number of benzene rings is 9. The zero-order valence-corrected chi connectivity index (χ0v) is 24.5. The van der Waals surface area contributed by atoms with E-state index in [4.69, 9.17) is 0 Å². The molecule has 0 unspecified atom stereocenters. The first-order chi connectivity index (χ1) is 22.4. The van der Waals surface area contributed by atoms with Crippen molar-refractivity contribution in [1.82, 2.24) is 4.57 Å². The molecule has 0 aliphatic heterocycles. The van der Waals surface area contributed by atoms with Crippen LogP contribution >= 0.6 is 0 Å². The second kappa shape index (κ2) is 9.29. The van der Waals surface area contributed by atoms with E-state index in [0.29, 0.717) is 0 Å². The first kappa shape index (κ1) is 24.5. The summed E-state index contributed by atoms with van der Waals surface area (Å²) >= 11 is 0. The van der Waals surface area contributed by atoms with Crippen LogP contribution in [0.5, 0.6) is 0 Å². The predicted octanol–water partition coefficient (Wildman–Crippen LogP) is 12.2. The lowest BCUT2D eigenvalue weighted by molar-refractivity contribution is 1.14. The highest BCUT2D eigenvalue weighted by Gasteiger charge is 2.24. The Morgan fingerprint density at radius 2 is 0.822 bits per heavy atom. The number of nitrogens with zero attached hydrogens (tertiary/aromatic N) is 1. The van der Waals surface area contributed by atoms with E-state index in [1.165, 1.54) is 87.1 Å². The van der Waals surface area contributed by atoms with Crippen LogP contribution in [0.1, 0.15) is 0 Å². The van der Waals surface area contributed by atoms with Gasteiger partial charge in [0.1, 0.15) is 0 Å². The Morgan fingerprint density at radius 3 is 1.44 bits per heavy atom. The summed E-state index contributed by atoms with van der Waals surface area (Å²) in [6.45, 7) is 0. The van der Waals surface area contributed by atoms with Gasteiger partial charge in [0.15, 0.2) is 0 Å². The molecule has 0 saturated carbocycles. The van der Waals surface area contributed by atoms with E-state index in [-0.39, 0.29) is 0 Å². The highest BCUT2D eigenvalue weighted by atomic mass is 15.0. The van der Waals surface area contributed by atoms with Gasteiger partial charge in [-0.15, -0.1) is 0 Å². The molecule has 1 heteroatoms. The van der Waals surface area contributed by atoms with E-state index >= 15 is 0 Å². The predicted molar refractivity (Wildman–Crippen MR) is 193 cm³/mol. The van der Waals surface area contributed by atoms with Crippen LogP contribution in [0.25, 0.3) is 92.8 Å². The van der Waals surface area contributed by atoms with Gasteiger partial charge in [0.05, 0.1) is 11.2 Å². The summed E-state index contributed by atoms with van der Waals surface area (Å²) in [5.41, 5.74) is 7.42. The molecule has 10 rings (SSSR count). The minimum atomic E-state index is 1.16. The minimum Gasteiger partial charge on any atom is -0.309 e. The van der Waals surface area contributed by atoms with Crippen LogP contribution in [0.3, 0.4) is 0 Å². The molecule has 45 heavy (non-hydrogen) atoms. The molecular formula is C44H27N. The molecule has 0 radical (unpaired) electrons. The van der Waals surface area contributed by atoms with Crippen LogP contribution in [0.4, 0.5) is 0 Å². The van der Waals surface area contributed by atoms with E-state index in [9.17, 15) is 0 Å². The quantitative estimate of drug-likeness (QED) is 0.147. The Balaban J connectivity index is 1.47. The Labute approximate surface area is 260 Å². The summed E-state index contributed by atoms with van der Waals surface area (Å²) < 4.78 is 2.52.